The number of likely N-dealkylation sites (N-methyl/N-ethyl adjacent to an activating group) is 1. The molecule has 1 heterocycles. The molecule has 4 heteroatoms. The van der Waals surface area contributed by atoms with E-state index in [1.165, 1.54) is 5.56 Å². The minimum atomic E-state index is 0.319. The molecule has 2 nitrogen and oxygen atoms in total. The van der Waals surface area contributed by atoms with Crippen molar-refractivity contribution in [1.29, 1.82) is 0 Å². The second kappa shape index (κ2) is 6.19. The quantitative estimate of drug-likeness (QED) is 0.918. The van der Waals surface area contributed by atoms with Crippen molar-refractivity contribution in [3.8, 4) is 0 Å². The monoisotopic (exact) mass is 317 g/mol. The molecule has 0 amide bonds. The number of halogens is 2. The lowest BCUT2D eigenvalue weighted by Gasteiger charge is -2.23. The van der Waals surface area contributed by atoms with E-state index in [9.17, 15) is 0 Å². The van der Waals surface area contributed by atoms with Crippen LogP contribution in [0.25, 0.3) is 0 Å². The van der Waals surface area contributed by atoms with Crippen LogP contribution in [0.5, 0.6) is 0 Å². The van der Waals surface area contributed by atoms with Gasteiger partial charge in [0, 0.05) is 22.1 Å². The van der Waals surface area contributed by atoms with Crippen LogP contribution in [0.3, 0.4) is 0 Å². The van der Waals surface area contributed by atoms with Crippen LogP contribution in [-0.2, 0) is 11.2 Å². The van der Waals surface area contributed by atoms with Gasteiger partial charge in [0.25, 0.3) is 0 Å². The minimum absolute atomic E-state index is 0.319. The maximum absolute atomic E-state index is 6.24. The fourth-order valence-electron chi connectivity index (χ4n) is 2.26. The number of hydrogen-bond acceptors (Lipinski definition) is 2. The van der Waals surface area contributed by atoms with Crippen molar-refractivity contribution in [3.63, 3.8) is 0 Å². The average Bonchev–Trinajstić information content (AvgIpc) is 2.81. The van der Waals surface area contributed by atoms with Gasteiger partial charge in [-0.05, 0) is 44.0 Å². The van der Waals surface area contributed by atoms with Gasteiger partial charge in [-0.15, -0.1) is 0 Å². The number of ether oxygens (including phenoxy) is 1. The van der Waals surface area contributed by atoms with E-state index in [4.69, 9.17) is 16.3 Å². The predicted molar refractivity (Wildman–Crippen MR) is 74.7 cm³/mol. The van der Waals surface area contributed by atoms with E-state index in [1.54, 1.807) is 0 Å². The van der Waals surface area contributed by atoms with Crippen molar-refractivity contribution in [2.45, 2.75) is 31.4 Å². The smallest absolute Gasteiger partial charge is 0.0732 e. The van der Waals surface area contributed by atoms with Crippen molar-refractivity contribution in [1.82, 2.24) is 5.32 Å². The van der Waals surface area contributed by atoms with Gasteiger partial charge >= 0.3 is 0 Å². The van der Waals surface area contributed by atoms with Gasteiger partial charge in [-0.1, -0.05) is 33.6 Å². The van der Waals surface area contributed by atoms with Crippen LogP contribution in [0.4, 0.5) is 0 Å². The molecule has 1 saturated heterocycles. The summed E-state index contributed by atoms with van der Waals surface area (Å²) in [5.74, 6) is 0. The van der Waals surface area contributed by atoms with E-state index < -0.39 is 0 Å². The number of nitrogens with one attached hydrogen (secondary N) is 1. The van der Waals surface area contributed by atoms with Crippen molar-refractivity contribution in [3.05, 3.63) is 33.3 Å². The summed E-state index contributed by atoms with van der Waals surface area (Å²) >= 11 is 9.66. The fraction of sp³-hybridized carbons (Fsp3) is 0.538. The van der Waals surface area contributed by atoms with Gasteiger partial charge in [-0.3, -0.25) is 0 Å². The molecule has 0 spiro atoms. The first-order valence-corrected chi connectivity index (χ1v) is 7.10. The van der Waals surface area contributed by atoms with Crippen LogP contribution in [0.1, 0.15) is 18.4 Å². The Hall–Kier alpha value is -0.0900. The normalized spacial score (nSPS) is 21.7. The Morgan fingerprint density at radius 1 is 1.59 bits per heavy atom. The zero-order valence-electron chi connectivity index (χ0n) is 9.88. The standard InChI is InChI=1S/C13H17BrClNO/c1-16-12(13-3-2-6-17-13)7-9-4-5-10(14)8-11(9)15/h4-5,8,12-13,16H,2-3,6-7H2,1H3. The van der Waals surface area contributed by atoms with Crippen LogP contribution < -0.4 is 5.32 Å². The molecule has 17 heavy (non-hydrogen) atoms. The second-order valence-corrected chi connectivity index (χ2v) is 5.71. The summed E-state index contributed by atoms with van der Waals surface area (Å²) in [6, 6.07) is 6.39. The molecule has 2 unspecified atom stereocenters. The van der Waals surface area contributed by atoms with Gasteiger partial charge in [-0.2, -0.15) is 0 Å². The van der Waals surface area contributed by atoms with Gasteiger partial charge in [-0.25, -0.2) is 0 Å². The molecule has 2 rings (SSSR count). The Morgan fingerprint density at radius 3 is 3.00 bits per heavy atom. The third-order valence-corrected chi connectivity index (χ3v) is 4.08. The van der Waals surface area contributed by atoms with Crippen LogP contribution >= 0.6 is 27.5 Å². The van der Waals surface area contributed by atoms with Crippen molar-refractivity contribution in [2.75, 3.05) is 13.7 Å². The first-order valence-electron chi connectivity index (χ1n) is 5.93. The predicted octanol–water partition coefficient (Wildman–Crippen LogP) is 3.41. The summed E-state index contributed by atoms with van der Waals surface area (Å²) in [4.78, 5) is 0. The Bertz CT molecular complexity index is 380. The van der Waals surface area contributed by atoms with E-state index in [0.29, 0.717) is 12.1 Å². The van der Waals surface area contributed by atoms with E-state index in [-0.39, 0.29) is 0 Å². The number of hydrogen-bond donors (Lipinski definition) is 1. The highest BCUT2D eigenvalue weighted by atomic mass is 79.9. The van der Waals surface area contributed by atoms with E-state index >= 15 is 0 Å². The van der Waals surface area contributed by atoms with Crippen molar-refractivity contribution in [2.24, 2.45) is 0 Å². The lowest BCUT2D eigenvalue weighted by atomic mass is 9.99. The highest BCUT2D eigenvalue weighted by Gasteiger charge is 2.25. The molecule has 1 aliphatic heterocycles. The van der Waals surface area contributed by atoms with Crippen LogP contribution in [0, 0.1) is 0 Å². The van der Waals surface area contributed by atoms with Gasteiger partial charge in [0.2, 0.25) is 0 Å². The number of benzene rings is 1. The molecule has 0 aliphatic carbocycles. The summed E-state index contributed by atoms with van der Waals surface area (Å²) in [7, 11) is 1.99. The molecule has 0 aromatic heterocycles. The second-order valence-electron chi connectivity index (χ2n) is 4.39. The Balaban J connectivity index is 2.06. The topological polar surface area (TPSA) is 21.3 Å². The molecule has 1 aromatic rings. The molecule has 1 N–H and O–H groups in total. The van der Waals surface area contributed by atoms with E-state index in [0.717, 1.165) is 35.4 Å². The molecule has 0 saturated carbocycles. The molecule has 1 fully saturated rings. The molecule has 0 radical (unpaired) electrons. The zero-order valence-corrected chi connectivity index (χ0v) is 12.2. The van der Waals surface area contributed by atoms with E-state index in [1.807, 2.05) is 19.2 Å². The van der Waals surface area contributed by atoms with Crippen molar-refractivity contribution >= 4 is 27.5 Å². The average molecular weight is 319 g/mol. The first kappa shape index (κ1) is 13.3. The fourth-order valence-corrected chi connectivity index (χ4v) is 3.01. The van der Waals surface area contributed by atoms with Gasteiger partial charge in [0.15, 0.2) is 0 Å². The minimum Gasteiger partial charge on any atom is -0.377 e. The summed E-state index contributed by atoms with van der Waals surface area (Å²) in [6.07, 6.45) is 3.53. The largest absolute Gasteiger partial charge is 0.377 e. The van der Waals surface area contributed by atoms with Crippen LogP contribution in [0.2, 0.25) is 5.02 Å². The number of rotatable bonds is 4. The highest BCUT2D eigenvalue weighted by Crippen LogP contribution is 2.25. The molecular formula is C13H17BrClNO. The Labute approximate surface area is 116 Å². The molecule has 1 aromatic carbocycles. The molecule has 1 aliphatic rings. The summed E-state index contributed by atoms with van der Waals surface area (Å²) in [5, 5.41) is 4.16. The maximum atomic E-state index is 6.24. The summed E-state index contributed by atoms with van der Waals surface area (Å²) in [6.45, 7) is 0.886. The molecule has 94 valence electrons. The highest BCUT2D eigenvalue weighted by molar-refractivity contribution is 9.10. The van der Waals surface area contributed by atoms with Gasteiger partial charge < -0.3 is 10.1 Å². The third kappa shape index (κ3) is 3.44. The summed E-state index contributed by atoms with van der Waals surface area (Å²) < 4.78 is 6.74. The maximum Gasteiger partial charge on any atom is 0.0732 e. The van der Waals surface area contributed by atoms with Crippen LogP contribution in [0.15, 0.2) is 22.7 Å². The zero-order chi connectivity index (χ0) is 12.3. The Kier molecular flexibility index (Phi) is 4.86. The Morgan fingerprint density at radius 2 is 2.41 bits per heavy atom. The molecular weight excluding hydrogens is 302 g/mol. The lowest BCUT2D eigenvalue weighted by molar-refractivity contribution is 0.0808. The van der Waals surface area contributed by atoms with Crippen molar-refractivity contribution < 1.29 is 4.74 Å². The van der Waals surface area contributed by atoms with E-state index in [2.05, 4.69) is 27.3 Å². The lowest BCUT2D eigenvalue weighted by Crippen LogP contribution is -2.39. The first-order chi connectivity index (χ1) is 8.20. The van der Waals surface area contributed by atoms with Gasteiger partial charge in [0.05, 0.1) is 6.10 Å². The third-order valence-electron chi connectivity index (χ3n) is 3.24. The molecule has 2 atom stereocenters. The summed E-state index contributed by atoms with van der Waals surface area (Å²) in [5.41, 5.74) is 1.17. The molecule has 0 bridgehead atoms. The van der Waals surface area contributed by atoms with Gasteiger partial charge in [0.1, 0.15) is 0 Å². The SMILES string of the molecule is CNC(Cc1ccc(Br)cc1Cl)C1CCCO1. The van der Waals surface area contributed by atoms with Crippen LogP contribution in [-0.4, -0.2) is 25.8 Å².